The van der Waals surface area contributed by atoms with E-state index in [0.717, 1.165) is 28.9 Å². The number of rotatable bonds is 5. The Hall–Kier alpha value is -1.21. The normalized spacial score (nSPS) is 12.1. The minimum absolute atomic E-state index is 0.0243. The molecule has 2 aromatic carbocycles. The van der Waals surface area contributed by atoms with E-state index in [1.165, 1.54) is 6.07 Å². The lowest BCUT2D eigenvalue weighted by Gasteiger charge is -2.09. The molecule has 0 saturated carbocycles. The molecule has 3 N–H and O–H groups in total. The minimum Gasteiger partial charge on any atom is -0.354 e. The Morgan fingerprint density at radius 1 is 1.04 bits per heavy atom. The minimum atomic E-state index is -4.50. The molecule has 0 spiro atoms. The Morgan fingerprint density at radius 3 is 2.41 bits per heavy atom. The van der Waals surface area contributed by atoms with E-state index in [4.69, 9.17) is 28.9 Å². The maximum Gasteiger partial charge on any atom is 0.418 e. The van der Waals surface area contributed by atoms with Gasteiger partial charge in [0.05, 0.1) is 21.8 Å². The summed E-state index contributed by atoms with van der Waals surface area (Å²) in [5.74, 6) is 0. The van der Waals surface area contributed by atoms with Crippen LogP contribution in [0.2, 0.25) is 10.0 Å². The van der Waals surface area contributed by atoms with Crippen molar-refractivity contribution in [1.29, 1.82) is 0 Å². The summed E-state index contributed by atoms with van der Waals surface area (Å²) in [7, 11) is 0. The number of aromatic amines is 1. The smallest absolute Gasteiger partial charge is 0.354 e. The summed E-state index contributed by atoms with van der Waals surface area (Å²) in [6, 6.07) is 7.54. The first-order chi connectivity index (χ1) is 12.7. The fourth-order valence-corrected chi connectivity index (χ4v) is 4.02. The molecular formula is C19H16BrCl2F3N2. The van der Waals surface area contributed by atoms with Crippen molar-refractivity contribution in [3.05, 3.63) is 56.0 Å². The zero-order valence-electron chi connectivity index (χ0n) is 14.1. The van der Waals surface area contributed by atoms with Crippen molar-refractivity contribution >= 4 is 50.0 Å². The quantitative estimate of drug-likeness (QED) is 0.373. The molecular weight excluding hydrogens is 464 g/mol. The highest BCUT2D eigenvalue weighted by Gasteiger charge is 2.34. The Bertz CT molecular complexity index is 983. The fourth-order valence-electron chi connectivity index (χ4n) is 3.18. The molecule has 0 radical (unpaired) electrons. The van der Waals surface area contributed by atoms with Crippen LogP contribution in [0.5, 0.6) is 0 Å². The molecule has 0 unspecified atom stereocenters. The predicted molar refractivity (Wildman–Crippen MR) is 108 cm³/mol. The molecule has 1 aromatic heterocycles. The summed E-state index contributed by atoms with van der Waals surface area (Å²) < 4.78 is 41.4. The fraction of sp³-hybridized carbons (Fsp3) is 0.263. The summed E-state index contributed by atoms with van der Waals surface area (Å²) >= 11 is 16.1. The van der Waals surface area contributed by atoms with E-state index in [2.05, 4.69) is 20.9 Å². The van der Waals surface area contributed by atoms with E-state index in [1.807, 2.05) is 0 Å². The first-order valence-corrected chi connectivity index (χ1v) is 9.84. The van der Waals surface area contributed by atoms with Crippen LogP contribution in [0, 0.1) is 0 Å². The topological polar surface area (TPSA) is 41.8 Å². The largest absolute Gasteiger partial charge is 0.418 e. The highest BCUT2D eigenvalue weighted by Crippen LogP contribution is 2.43. The van der Waals surface area contributed by atoms with Gasteiger partial charge < -0.3 is 10.7 Å². The molecule has 0 saturated heterocycles. The molecule has 0 bridgehead atoms. The maximum atomic E-state index is 13.5. The van der Waals surface area contributed by atoms with Crippen LogP contribution in [-0.4, -0.2) is 11.5 Å². The zero-order chi connectivity index (χ0) is 19.8. The molecule has 2 nitrogen and oxygen atoms in total. The summed E-state index contributed by atoms with van der Waals surface area (Å²) in [6.07, 6.45) is -2.47. The monoisotopic (exact) mass is 478 g/mol. The van der Waals surface area contributed by atoms with E-state index < -0.39 is 11.7 Å². The van der Waals surface area contributed by atoms with Crippen LogP contribution in [0.25, 0.3) is 22.2 Å². The van der Waals surface area contributed by atoms with Gasteiger partial charge in [-0.25, -0.2) is 0 Å². The first kappa shape index (κ1) is 20.5. The third-order valence-corrected chi connectivity index (χ3v) is 5.53. The van der Waals surface area contributed by atoms with Crippen molar-refractivity contribution in [3.63, 3.8) is 0 Å². The molecule has 3 aromatic rings. The van der Waals surface area contributed by atoms with Crippen LogP contribution in [0.4, 0.5) is 13.2 Å². The van der Waals surface area contributed by atoms with Gasteiger partial charge in [0.15, 0.2) is 0 Å². The molecule has 1 heterocycles. The Morgan fingerprint density at radius 2 is 1.74 bits per heavy atom. The Kier molecular flexibility index (Phi) is 6.11. The molecule has 3 rings (SSSR count). The van der Waals surface area contributed by atoms with Crippen molar-refractivity contribution in [2.45, 2.75) is 25.4 Å². The van der Waals surface area contributed by atoms with E-state index in [-0.39, 0.29) is 10.5 Å². The number of nitrogens with two attached hydrogens (primary N) is 1. The van der Waals surface area contributed by atoms with Crippen molar-refractivity contribution in [1.82, 2.24) is 4.98 Å². The van der Waals surface area contributed by atoms with Crippen LogP contribution in [0.15, 0.2) is 34.8 Å². The third kappa shape index (κ3) is 4.14. The highest BCUT2D eigenvalue weighted by atomic mass is 79.9. The van der Waals surface area contributed by atoms with Gasteiger partial charge in [0.1, 0.15) is 0 Å². The van der Waals surface area contributed by atoms with Crippen molar-refractivity contribution < 1.29 is 13.2 Å². The van der Waals surface area contributed by atoms with Crippen LogP contribution in [-0.2, 0) is 12.6 Å². The predicted octanol–water partition coefficient (Wildman–Crippen LogP) is 7.20. The number of halogens is 6. The number of alkyl halides is 3. The van der Waals surface area contributed by atoms with Gasteiger partial charge in [-0.2, -0.15) is 13.2 Å². The SMILES string of the molecule is NCCCCc1c(-c2cc(Br)ccc2Cl)[nH]c2c(C(F)(F)F)ccc(Cl)c12. The number of unbranched alkanes of at least 4 members (excludes halogenated alkanes) is 1. The molecule has 27 heavy (non-hydrogen) atoms. The number of aryl methyl sites for hydroxylation is 1. The number of fused-ring (bicyclic) bond motifs is 1. The molecule has 144 valence electrons. The van der Waals surface area contributed by atoms with Gasteiger partial charge in [-0.3, -0.25) is 0 Å². The molecule has 0 aliphatic carbocycles. The number of nitrogens with one attached hydrogen (secondary N) is 1. The van der Waals surface area contributed by atoms with Gasteiger partial charge in [0.25, 0.3) is 0 Å². The van der Waals surface area contributed by atoms with Gasteiger partial charge in [-0.1, -0.05) is 39.1 Å². The summed E-state index contributed by atoms with van der Waals surface area (Å²) in [4.78, 5) is 2.95. The highest BCUT2D eigenvalue weighted by molar-refractivity contribution is 9.10. The molecule has 8 heteroatoms. The standard InChI is InChI=1S/C19H16BrCl2F3N2/c20-10-4-6-14(21)12(9-10)17-11(3-1-2-8-26)16-15(22)7-5-13(18(16)27-17)19(23,24)25/h4-7,9,27H,1-3,8,26H2. The van der Waals surface area contributed by atoms with Gasteiger partial charge in [0.2, 0.25) is 0 Å². The average Bonchev–Trinajstić information content (AvgIpc) is 2.96. The van der Waals surface area contributed by atoms with E-state index >= 15 is 0 Å². The molecule has 0 aliphatic heterocycles. The van der Waals surface area contributed by atoms with Crippen LogP contribution in [0.1, 0.15) is 24.0 Å². The van der Waals surface area contributed by atoms with Gasteiger partial charge in [-0.15, -0.1) is 0 Å². The van der Waals surface area contributed by atoms with Crippen molar-refractivity contribution in [3.8, 4) is 11.3 Å². The Balaban J connectivity index is 2.33. The number of H-pyrrole nitrogens is 1. The van der Waals surface area contributed by atoms with E-state index in [1.54, 1.807) is 18.2 Å². The van der Waals surface area contributed by atoms with Gasteiger partial charge in [0, 0.05) is 20.4 Å². The van der Waals surface area contributed by atoms with Crippen molar-refractivity contribution in [2.24, 2.45) is 5.73 Å². The second kappa shape index (κ2) is 8.03. The molecule has 0 fully saturated rings. The van der Waals surface area contributed by atoms with E-state index in [9.17, 15) is 13.2 Å². The molecule has 0 aliphatic rings. The molecule has 0 amide bonds. The number of benzene rings is 2. The van der Waals surface area contributed by atoms with Crippen LogP contribution in [0.3, 0.4) is 0 Å². The maximum absolute atomic E-state index is 13.5. The number of hydrogen-bond acceptors (Lipinski definition) is 1. The average molecular weight is 480 g/mol. The van der Waals surface area contributed by atoms with E-state index in [0.29, 0.717) is 34.6 Å². The molecule has 0 atom stereocenters. The lowest BCUT2D eigenvalue weighted by Crippen LogP contribution is -2.05. The van der Waals surface area contributed by atoms with Crippen LogP contribution < -0.4 is 5.73 Å². The Labute approximate surface area is 173 Å². The lowest BCUT2D eigenvalue weighted by molar-refractivity contribution is -0.136. The third-order valence-electron chi connectivity index (χ3n) is 4.39. The van der Waals surface area contributed by atoms with Gasteiger partial charge >= 0.3 is 6.18 Å². The van der Waals surface area contributed by atoms with Crippen molar-refractivity contribution in [2.75, 3.05) is 6.54 Å². The summed E-state index contributed by atoms with van der Waals surface area (Å²) in [6.45, 7) is 0.511. The summed E-state index contributed by atoms with van der Waals surface area (Å²) in [5.41, 5.74) is 6.68. The zero-order valence-corrected chi connectivity index (χ0v) is 17.2. The number of hydrogen-bond donors (Lipinski definition) is 2. The second-order valence-corrected chi connectivity index (χ2v) is 7.92. The van der Waals surface area contributed by atoms with Crippen LogP contribution >= 0.6 is 39.1 Å². The van der Waals surface area contributed by atoms with Gasteiger partial charge in [-0.05, 0) is 61.7 Å². The first-order valence-electron chi connectivity index (χ1n) is 8.29. The summed E-state index contributed by atoms with van der Waals surface area (Å²) in [5, 5.41) is 1.10. The second-order valence-electron chi connectivity index (χ2n) is 6.19. The lowest BCUT2D eigenvalue weighted by atomic mass is 9.99. The number of aromatic nitrogens is 1.